The van der Waals surface area contributed by atoms with Crippen molar-refractivity contribution in [3.63, 3.8) is 0 Å². The van der Waals surface area contributed by atoms with E-state index >= 15 is 0 Å². The topological polar surface area (TPSA) is 81.2 Å². The quantitative estimate of drug-likeness (QED) is 0.864. The third-order valence-corrected chi connectivity index (χ3v) is 3.16. The largest absolute Gasteiger partial charge is 0.465 e. The first kappa shape index (κ1) is 12.6. The molecule has 2 aromatic heterocycles. The highest BCUT2D eigenvalue weighted by Gasteiger charge is 2.06. The zero-order valence-corrected chi connectivity index (χ0v) is 10.9. The van der Waals surface area contributed by atoms with Crippen LogP contribution in [0, 0.1) is 6.92 Å². The normalized spacial score (nSPS) is 10.5. The van der Waals surface area contributed by atoms with Crippen molar-refractivity contribution in [2.45, 2.75) is 26.3 Å². The molecule has 0 aliphatic heterocycles. The lowest BCUT2D eigenvalue weighted by atomic mass is 10.2. The Bertz CT molecular complexity index is 487. The first-order valence-corrected chi connectivity index (χ1v) is 6.53. The summed E-state index contributed by atoms with van der Waals surface area (Å²) in [5.74, 6) is 1.59. The van der Waals surface area contributed by atoms with E-state index in [1.165, 1.54) is 11.3 Å². The Kier molecular flexibility index (Phi) is 3.99. The number of nitrogen functional groups attached to an aromatic ring is 1. The molecule has 0 spiro atoms. The highest BCUT2D eigenvalue weighted by molar-refractivity contribution is 7.13. The lowest BCUT2D eigenvalue weighted by Crippen LogP contribution is -2.22. The number of carbonyl (C=O) groups excluding carboxylic acids is 1. The lowest BCUT2D eigenvalue weighted by molar-refractivity contribution is -0.121. The Morgan fingerprint density at radius 2 is 2.39 bits per heavy atom. The van der Waals surface area contributed by atoms with Gasteiger partial charge >= 0.3 is 0 Å². The van der Waals surface area contributed by atoms with Gasteiger partial charge in [0.15, 0.2) is 5.13 Å². The highest BCUT2D eigenvalue weighted by Crippen LogP contribution is 2.12. The van der Waals surface area contributed by atoms with Gasteiger partial charge in [0.05, 0.1) is 12.2 Å². The molecule has 18 heavy (non-hydrogen) atoms. The molecule has 0 unspecified atom stereocenters. The van der Waals surface area contributed by atoms with Gasteiger partial charge in [-0.3, -0.25) is 4.79 Å². The van der Waals surface area contributed by atoms with Crippen LogP contribution in [-0.2, 0) is 17.8 Å². The van der Waals surface area contributed by atoms with Crippen LogP contribution in [0.25, 0.3) is 0 Å². The van der Waals surface area contributed by atoms with Gasteiger partial charge in [-0.1, -0.05) is 0 Å². The summed E-state index contributed by atoms with van der Waals surface area (Å²) >= 11 is 1.39. The second-order valence-electron chi connectivity index (χ2n) is 3.97. The Hall–Kier alpha value is -1.82. The van der Waals surface area contributed by atoms with Crippen LogP contribution < -0.4 is 11.1 Å². The fraction of sp³-hybridized carbons (Fsp3) is 0.333. The summed E-state index contributed by atoms with van der Waals surface area (Å²) in [5, 5.41) is 5.21. The number of nitrogens with zero attached hydrogens (tertiary/aromatic N) is 1. The molecule has 0 aromatic carbocycles. The fourth-order valence-electron chi connectivity index (χ4n) is 1.53. The summed E-state index contributed by atoms with van der Waals surface area (Å²) in [6, 6.07) is 3.73. The molecule has 96 valence electrons. The van der Waals surface area contributed by atoms with E-state index in [1.807, 2.05) is 24.4 Å². The Morgan fingerprint density at radius 1 is 1.56 bits per heavy atom. The standard InChI is InChI=1S/C12H15N3O2S/c1-8-2-4-10(17-8)6-14-11(16)5-3-9-7-18-12(13)15-9/h2,4,7H,3,5-6H2,1H3,(H2,13,15)(H,14,16). The number of furan rings is 1. The van der Waals surface area contributed by atoms with Crippen molar-refractivity contribution in [1.29, 1.82) is 0 Å². The van der Waals surface area contributed by atoms with E-state index in [1.54, 1.807) is 0 Å². The minimum Gasteiger partial charge on any atom is -0.465 e. The molecule has 1 amide bonds. The number of nitrogens with two attached hydrogens (primary N) is 1. The first-order valence-electron chi connectivity index (χ1n) is 5.65. The molecule has 0 aliphatic carbocycles. The molecule has 0 aliphatic rings. The molecule has 0 atom stereocenters. The number of amides is 1. The monoisotopic (exact) mass is 265 g/mol. The summed E-state index contributed by atoms with van der Waals surface area (Å²) in [4.78, 5) is 15.7. The van der Waals surface area contributed by atoms with Crippen LogP contribution in [0.1, 0.15) is 23.6 Å². The Balaban J connectivity index is 1.72. The van der Waals surface area contributed by atoms with E-state index in [9.17, 15) is 4.79 Å². The van der Waals surface area contributed by atoms with Gasteiger partial charge in [-0.15, -0.1) is 11.3 Å². The Morgan fingerprint density at radius 3 is 3.00 bits per heavy atom. The number of rotatable bonds is 5. The van der Waals surface area contributed by atoms with Crippen molar-refractivity contribution in [3.05, 3.63) is 34.7 Å². The first-order chi connectivity index (χ1) is 8.63. The second kappa shape index (κ2) is 5.68. The molecule has 6 heteroatoms. The van der Waals surface area contributed by atoms with Gasteiger partial charge in [0, 0.05) is 11.8 Å². The van der Waals surface area contributed by atoms with E-state index in [-0.39, 0.29) is 5.91 Å². The van der Waals surface area contributed by atoms with Crippen LogP contribution in [0.2, 0.25) is 0 Å². The minimum absolute atomic E-state index is 0.0179. The molecule has 3 N–H and O–H groups in total. The summed E-state index contributed by atoms with van der Waals surface area (Å²) in [7, 11) is 0. The van der Waals surface area contributed by atoms with E-state index in [0.717, 1.165) is 17.2 Å². The minimum atomic E-state index is -0.0179. The predicted molar refractivity (Wildman–Crippen MR) is 70.1 cm³/mol. The van der Waals surface area contributed by atoms with Crippen LogP contribution >= 0.6 is 11.3 Å². The molecule has 0 saturated carbocycles. The summed E-state index contributed by atoms with van der Waals surface area (Å²) in [6.45, 7) is 2.30. The number of thiazole rings is 1. The maximum atomic E-state index is 11.6. The van der Waals surface area contributed by atoms with E-state index in [2.05, 4.69) is 10.3 Å². The molecule has 0 fully saturated rings. The number of aryl methyl sites for hydroxylation is 2. The van der Waals surface area contributed by atoms with Crippen molar-refractivity contribution < 1.29 is 9.21 Å². The average molecular weight is 265 g/mol. The highest BCUT2D eigenvalue weighted by atomic mass is 32.1. The zero-order chi connectivity index (χ0) is 13.0. The third-order valence-electron chi connectivity index (χ3n) is 2.43. The van der Waals surface area contributed by atoms with Gasteiger partial charge in [0.2, 0.25) is 5.91 Å². The van der Waals surface area contributed by atoms with Gasteiger partial charge in [-0.05, 0) is 25.5 Å². The molecule has 0 bridgehead atoms. The zero-order valence-electron chi connectivity index (χ0n) is 10.1. The van der Waals surface area contributed by atoms with Gasteiger partial charge < -0.3 is 15.5 Å². The van der Waals surface area contributed by atoms with Crippen molar-refractivity contribution in [2.24, 2.45) is 0 Å². The molecule has 0 saturated heterocycles. The van der Waals surface area contributed by atoms with Crippen LogP contribution in [0.3, 0.4) is 0 Å². The van der Waals surface area contributed by atoms with Crippen molar-refractivity contribution in [3.8, 4) is 0 Å². The average Bonchev–Trinajstić information content (AvgIpc) is 2.93. The number of carbonyl (C=O) groups is 1. The molecule has 2 aromatic rings. The van der Waals surface area contributed by atoms with Gasteiger partial charge in [0.1, 0.15) is 11.5 Å². The number of anilines is 1. The maximum Gasteiger partial charge on any atom is 0.220 e. The third kappa shape index (κ3) is 3.59. The molecule has 5 nitrogen and oxygen atoms in total. The van der Waals surface area contributed by atoms with E-state index in [4.69, 9.17) is 10.2 Å². The number of nitrogens with one attached hydrogen (secondary N) is 1. The van der Waals surface area contributed by atoms with Crippen molar-refractivity contribution >= 4 is 22.4 Å². The van der Waals surface area contributed by atoms with Crippen LogP contribution in [-0.4, -0.2) is 10.9 Å². The lowest BCUT2D eigenvalue weighted by Gasteiger charge is -2.02. The van der Waals surface area contributed by atoms with E-state index in [0.29, 0.717) is 24.5 Å². The molecule has 2 rings (SSSR count). The van der Waals surface area contributed by atoms with Crippen molar-refractivity contribution in [1.82, 2.24) is 10.3 Å². The predicted octanol–water partition coefficient (Wildman–Crippen LogP) is 1.88. The smallest absolute Gasteiger partial charge is 0.220 e. The van der Waals surface area contributed by atoms with E-state index < -0.39 is 0 Å². The number of hydrogen-bond donors (Lipinski definition) is 2. The molecular weight excluding hydrogens is 250 g/mol. The number of aromatic nitrogens is 1. The van der Waals surface area contributed by atoms with Crippen LogP contribution in [0.4, 0.5) is 5.13 Å². The summed E-state index contributed by atoms with van der Waals surface area (Å²) in [5.41, 5.74) is 6.38. The Labute approximate surface area is 109 Å². The molecule has 2 heterocycles. The van der Waals surface area contributed by atoms with Crippen LogP contribution in [0.5, 0.6) is 0 Å². The van der Waals surface area contributed by atoms with Gasteiger partial charge in [-0.25, -0.2) is 4.98 Å². The SMILES string of the molecule is Cc1ccc(CNC(=O)CCc2csc(N)n2)o1. The maximum absolute atomic E-state index is 11.6. The van der Waals surface area contributed by atoms with Gasteiger partial charge in [-0.2, -0.15) is 0 Å². The number of hydrogen-bond acceptors (Lipinski definition) is 5. The van der Waals surface area contributed by atoms with Gasteiger partial charge in [0.25, 0.3) is 0 Å². The van der Waals surface area contributed by atoms with Crippen LogP contribution in [0.15, 0.2) is 21.9 Å². The van der Waals surface area contributed by atoms with Crippen molar-refractivity contribution in [2.75, 3.05) is 5.73 Å². The molecular formula is C12H15N3O2S. The second-order valence-corrected chi connectivity index (χ2v) is 4.86. The summed E-state index contributed by atoms with van der Waals surface area (Å²) < 4.78 is 5.36. The fourth-order valence-corrected chi connectivity index (χ4v) is 2.13. The molecule has 0 radical (unpaired) electrons. The summed E-state index contributed by atoms with van der Waals surface area (Å²) in [6.07, 6.45) is 1.01.